The van der Waals surface area contributed by atoms with Crippen LogP contribution in [0.4, 0.5) is 5.69 Å². The number of nitrogens with one attached hydrogen (secondary N) is 1. The van der Waals surface area contributed by atoms with Crippen LogP contribution in [0.15, 0.2) is 50.6 Å². The first-order chi connectivity index (χ1) is 17.7. The molecule has 0 unspecified atom stereocenters. The second-order valence-corrected chi connectivity index (χ2v) is 11.4. The molecule has 0 aliphatic carbocycles. The number of aromatic nitrogens is 2. The van der Waals surface area contributed by atoms with Gasteiger partial charge in [-0.2, -0.15) is 8.42 Å². The summed E-state index contributed by atoms with van der Waals surface area (Å²) in [5, 5.41) is 14.3. The molecule has 4 heterocycles. The number of fused-ring (bicyclic) bond motifs is 2. The molecule has 0 radical (unpaired) electrons. The zero-order valence-electron chi connectivity index (χ0n) is 21.0. The summed E-state index contributed by atoms with van der Waals surface area (Å²) in [5.41, 5.74) is -0.166. The molecule has 1 fully saturated rings. The lowest BCUT2D eigenvalue weighted by atomic mass is 10.1. The number of hydrogen-bond acceptors (Lipinski definition) is 8. The highest BCUT2D eigenvalue weighted by molar-refractivity contribution is 7.90. The maximum absolute atomic E-state index is 13.5. The van der Waals surface area contributed by atoms with Crippen molar-refractivity contribution in [2.24, 2.45) is 10.3 Å². The van der Waals surface area contributed by atoms with E-state index >= 15 is 0 Å². The highest BCUT2D eigenvalue weighted by Gasteiger charge is 2.30. The second kappa shape index (κ2) is 10.1. The molecule has 2 aliphatic heterocycles. The summed E-state index contributed by atoms with van der Waals surface area (Å²) in [5.74, 6) is 0.173. The lowest BCUT2D eigenvalue weighted by molar-refractivity contribution is 0.237. The van der Waals surface area contributed by atoms with E-state index in [4.69, 9.17) is 4.74 Å². The van der Waals surface area contributed by atoms with Crippen molar-refractivity contribution in [3.05, 3.63) is 52.4 Å². The third-order valence-electron chi connectivity index (χ3n) is 6.73. The van der Waals surface area contributed by atoms with Crippen LogP contribution in [0.3, 0.4) is 0 Å². The molecular formula is C26H31N5O5S. The summed E-state index contributed by atoms with van der Waals surface area (Å²) in [6.45, 7) is 7.80. The van der Waals surface area contributed by atoms with Crippen molar-refractivity contribution in [1.82, 2.24) is 14.5 Å². The Bertz CT molecular complexity index is 1520. The van der Waals surface area contributed by atoms with Crippen LogP contribution in [0.1, 0.15) is 38.7 Å². The molecule has 5 rings (SSSR count). The molecule has 37 heavy (non-hydrogen) atoms. The highest BCUT2D eigenvalue weighted by Crippen LogP contribution is 2.34. The van der Waals surface area contributed by atoms with E-state index in [0.717, 1.165) is 19.6 Å². The standard InChI is InChI=1S/C26H31N5O5S/c1-17(2)9-13-31-25-19(6-5-10-27-25)23(32)22(26(31)33)24-28-20-8-7-18(16-21(20)37(34,35)29-24)36-15-14-30-11-3-4-12-30/h5-8,10,16-17,32H,3-4,9,11-15H2,1-2H3,(H,28,29). The van der Waals surface area contributed by atoms with Gasteiger partial charge in [0.1, 0.15) is 34.2 Å². The molecule has 2 N–H and O–H groups in total. The molecule has 1 saturated heterocycles. The number of hydrogen-bond donors (Lipinski definition) is 2. The number of nitrogens with zero attached hydrogens (tertiary/aromatic N) is 4. The summed E-state index contributed by atoms with van der Waals surface area (Å²) < 4.78 is 37.5. The average molecular weight is 526 g/mol. The summed E-state index contributed by atoms with van der Waals surface area (Å²) in [6.07, 6.45) is 4.64. The molecule has 196 valence electrons. The molecule has 0 amide bonds. The number of anilines is 1. The highest BCUT2D eigenvalue weighted by atomic mass is 32.2. The van der Waals surface area contributed by atoms with Crippen LogP contribution in [0.5, 0.6) is 11.5 Å². The molecular weight excluding hydrogens is 494 g/mol. The van der Waals surface area contributed by atoms with E-state index in [0.29, 0.717) is 42.3 Å². The van der Waals surface area contributed by atoms with Crippen molar-refractivity contribution in [1.29, 1.82) is 0 Å². The number of amidine groups is 1. The molecule has 10 nitrogen and oxygen atoms in total. The fourth-order valence-electron chi connectivity index (χ4n) is 4.71. The van der Waals surface area contributed by atoms with Gasteiger partial charge in [-0.25, -0.2) is 4.98 Å². The van der Waals surface area contributed by atoms with Gasteiger partial charge in [0.15, 0.2) is 5.84 Å². The van der Waals surface area contributed by atoms with Crippen molar-refractivity contribution >= 4 is 32.6 Å². The first kappa shape index (κ1) is 25.2. The summed E-state index contributed by atoms with van der Waals surface area (Å²) in [7, 11) is -4.17. The van der Waals surface area contributed by atoms with E-state index < -0.39 is 15.6 Å². The van der Waals surface area contributed by atoms with Gasteiger partial charge in [0, 0.05) is 25.4 Å². The molecule has 0 bridgehead atoms. The Kier molecular flexibility index (Phi) is 6.91. The number of likely N-dealkylation sites (tertiary alicyclic amines) is 1. The number of benzene rings is 1. The molecule has 0 spiro atoms. The zero-order valence-corrected chi connectivity index (χ0v) is 21.8. The van der Waals surface area contributed by atoms with Crippen LogP contribution in [0.25, 0.3) is 11.0 Å². The Labute approximate surface area is 215 Å². The first-order valence-corrected chi connectivity index (χ1v) is 14.0. The van der Waals surface area contributed by atoms with Gasteiger partial charge < -0.3 is 15.2 Å². The predicted octanol–water partition coefficient (Wildman–Crippen LogP) is 3.18. The van der Waals surface area contributed by atoms with Gasteiger partial charge in [-0.05, 0) is 62.5 Å². The summed E-state index contributed by atoms with van der Waals surface area (Å²) in [6, 6.07) is 8.00. The third kappa shape index (κ3) is 5.05. The normalized spacial score (nSPS) is 17.0. The van der Waals surface area contributed by atoms with Gasteiger partial charge in [0.2, 0.25) is 0 Å². The lowest BCUT2D eigenvalue weighted by Gasteiger charge is -2.21. The van der Waals surface area contributed by atoms with Crippen LogP contribution in [-0.2, 0) is 16.6 Å². The van der Waals surface area contributed by atoms with E-state index in [1.807, 2.05) is 13.8 Å². The number of ether oxygens (including phenoxy) is 1. The van der Waals surface area contributed by atoms with Crippen LogP contribution >= 0.6 is 0 Å². The fourth-order valence-corrected chi connectivity index (χ4v) is 5.85. The Morgan fingerprint density at radius 2 is 1.95 bits per heavy atom. The number of pyridine rings is 2. The number of rotatable bonds is 8. The maximum Gasteiger partial charge on any atom is 0.286 e. The topological polar surface area (TPSA) is 126 Å². The lowest BCUT2D eigenvalue weighted by Crippen LogP contribution is -2.33. The van der Waals surface area contributed by atoms with Gasteiger partial charge in [-0.3, -0.25) is 14.3 Å². The summed E-state index contributed by atoms with van der Waals surface area (Å²) in [4.78, 5) is 20.1. The molecule has 3 aromatic rings. The van der Waals surface area contributed by atoms with E-state index in [-0.39, 0.29) is 27.7 Å². The van der Waals surface area contributed by atoms with Gasteiger partial charge >= 0.3 is 0 Å². The molecule has 2 aliphatic rings. The minimum atomic E-state index is -4.17. The molecule has 11 heteroatoms. The largest absolute Gasteiger partial charge is 0.506 e. The maximum atomic E-state index is 13.5. The second-order valence-electron chi connectivity index (χ2n) is 9.83. The van der Waals surface area contributed by atoms with Crippen molar-refractivity contribution in [3.63, 3.8) is 0 Å². The van der Waals surface area contributed by atoms with Crippen LogP contribution < -0.4 is 15.6 Å². The molecule has 0 saturated carbocycles. The fraction of sp³-hybridized carbons (Fsp3) is 0.423. The van der Waals surface area contributed by atoms with E-state index in [9.17, 15) is 18.3 Å². The van der Waals surface area contributed by atoms with E-state index in [2.05, 4.69) is 19.6 Å². The third-order valence-corrected chi connectivity index (χ3v) is 8.05. The predicted molar refractivity (Wildman–Crippen MR) is 142 cm³/mol. The Morgan fingerprint density at radius 1 is 1.16 bits per heavy atom. The zero-order chi connectivity index (χ0) is 26.2. The van der Waals surface area contributed by atoms with Crippen molar-refractivity contribution in [2.45, 2.75) is 44.6 Å². The van der Waals surface area contributed by atoms with Crippen molar-refractivity contribution in [2.75, 3.05) is 31.6 Å². The SMILES string of the molecule is CC(C)CCn1c(=O)c(C2=NS(=O)(=O)c3cc(OCCN4CCCC4)ccc3N2)c(O)c2cccnc21. The number of sulfonamides is 1. The van der Waals surface area contributed by atoms with Crippen LogP contribution in [0.2, 0.25) is 0 Å². The molecule has 0 atom stereocenters. The molecule has 2 aromatic heterocycles. The monoisotopic (exact) mass is 525 g/mol. The minimum absolute atomic E-state index is 0.0444. The Balaban J connectivity index is 1.49. The Morgan fingerprint density at radius 3 is 2.70 bits per heavy atom. The smallest absolute Gasteiger partial charge is 0.286 e. The number of aromatic hydroxyl groups is 1. The van der Waals surface area contributed by atoms with E-state index in [1.165, 1.54) is 23.5 Å². The number of aryl methyl sites for hydroxylation is 1. The average Bonchev–Trinajstić information content (AvgIpc) is 3.37. The van der Waals surface area contributed by atoms with Crippen molar-refractivity contribution < 1.29 is 18.3 Å². The quantitative estimate of drug-likeness (QED) is 0.459. The van der Waals surface area contributed by atoms with E-state index in [1.54, 1.807) is 30.5 Å². The molecule has 1 aromatic carbocycles. The van der Waals surface area contributed by atoms with Gasteiger partial charge in [0.25, 0.3) is 15.6 Å². The van der Waals surface area contributed by atoms with Gasteiger partial charge in [-0.15, -0.1) is 4.40 Å². The first-order valence-electron chi connectivity index (χ1n) is 12.6. The minimum Gasteiger partial charge on any atom is -0.506 e. The summed E-state index contributed by atoms with van der Waals surface area (Å²) >= 11 is 0. The van der Waals surface area contributed by atoms with Crippen molar-refractivity contribution in [3.8, 4) is 11.5 Å². The van der Waals surface area contributed by atoms with Crippen LogP contribution in [-0.4, -0.2) is 60.1 Å². The van der Waals surface area contributed by atoms with Gasteiger partial charge in [-0.1, -0.05) is 13.8 Å². The van der Waals surface area contributed by atoms with Gasteiger partial charge in [0.05, 0.1) is 11.1 Å². The van der Waals surface area contributed by atoms with Crippen LogP contribution in [0, 0.1) is 5.92 Å². The Hall–Kier alpha value is -3.44.